The number of benzene rings is 2. The van der Waals surface area contributed by atoms with Crippen LogP contribution in [0.5, 0.6) is 5.75 Å². The maximum atomic E-state index is 6.41. The van der Waals surface area contributed by atoms with Gasteiger partial charge in [0.25, 0.3) is 0 Å². The van der Waals surface area contributed by atoms with Crippen LogP contribution in [-0.4, -0.2) is 21.7 Å². The molecule has 0 saturated heterocycles. The Kier molecular flexibility index (Phi) is 3.67. The van der Waals surface area contributed by atoms with Crippen LogP contribution >= 0.6 is 11.6 Å². The molecule has 0 atom stereocenters. The van der Waals surface area contributed by atoms with Crippen LogP contribution in [0.2, 0.25) is 5.15 Å². The minimum Gasteiger partial charge on any atom is -0.497 e. The van der Waals surface area contributed by atoms with Crippen LogP contribution in [0.3, 0.4) is 0 Å². The van der Waals surface area contributed by atoms with Gasteiger partial charge in [-0.2, -0.15) is 5.10 Å². The van der Waals surface area contributed by atoms with E-state index in [1.165, 1.54) is 0 Å². The molecule has 5 heteroatoms. The average Bonchev–Trinajstić information content (AvgIpc) is 3.07. The van der Waals surface area contributed by atoms with Gasteiger partial charge in [-0.25, -0.2) is 9.50 Å². The fourth-order valence-electron chi connectivity index (χ4n) is 2.62. The smallest absolute Gasteiger partial charge is 0.158 e. The van der Waals surface area contributed by atoms with E-state index in [1.807, 2.05) is 66.7 Å². The molecule has 0 amide bonds. The molecular weight excluding hydrogens is 322 g/mol. The quantitative estimate of drug-likeness (QED) is 0.508. The van der Waals surface area contributed by atoms with Crippen molar-refractivity contribution in [3.8, 4) is 28.3 Å². The largest absolute Gasteiger partial charge is 0.497 e. The average molecular weight is 336 g/mol. The fourth-order valence-corrected chi connectivity index (χ4v) is 2.85. The minimum atomic E-state index is 0.521. The third-order valence-electron chi connectivity index (χ3n) is 3.82. The van der Waals surface area contributed by atoms with Crippen molar-refractivity contribution in [2.45, 2.75) is 0 Å². The van der Waals surface area contributed by atoms with Crippen molar-refractivity contribution in [1.82, 2.24) is 14.6 Å². The molecule has 0 aliphatic heterocycles. The van der Waals surface area contributed by atoms with Crippen molar-refractivity contribution in [3.05, 3.63) is 71.9 Å². The van der Waals surface area contributed by atoms with Crippen molar-refractivity contribution in [3.63, 3.8) is 0 Å². The van der Waals surface area contributed by atoms with E-state index in [4.69, 9.17) is 16.3 Å². The molecule has 4 nitrogen and oxygen atoms in total. The monoisotopic (exact) mass is 335 g/mol. The van der Waals surface area contributed by atoms with Gasteiger partial charge in [0.05, 0.1) is 18.5 Å². The lowest BCUT2D eigenvalue weighted by Crippen LogP contribution is -1.94. The van der Waals surface area contributed by atoms with Crippen molar-refractivity contribution >= 4 is 17.2 Å². The zero-order chi connectivity index (χ0) is 16.5. The van der Waals surface area contributed by atoms with E-state index < -0.39 is 0 Å². The Morgan fingerprint density at radius 1 is 0.875 bits per heavy atom. The Bertz CT molecular complexity index is 1010. The molecule has 0 radical (unpaired) electrons. The lowest BCUT2D eigenvalue weighted by atomic mass is 10.1. The second kappa shape index (κ2) is 5.98. The Hall–Kier alpha value is -2.85. The van der Waals surface area contributed by atoms with E-state index in [-0.39, 0.29) is 0 Å². The number of ether oxygens (including phenoxy) is 1. The van der Waals surface area contributed by atoms with Gasteiger partial charge in [0, 0.05) is 23.3 Å². The van der Waals surface area contributed by atoms with Crippen LogP contribution in [0.15, 0.2) is 66.7 Å². The fraction of sp³-hybridized carbons (Fsp3) is 0.0526. The molecule has 0 saturated carbocycles. The molecule has 0 spiro atoms. The first kappa shape index (κ1) is 14.7. The van der Waals surface area contributed by atoms with Gasteiger partial charge in [-0.3, -0.25) is 0 Å². The van der Waals surface area contributed by atoms with Gasteiger partial charge >= 0.3 is 0 Å². The van der Waals surface area contributed by atoms with Gasteiger partial charge < -0.3 is 4.74 Å². The maximum Gasteiger partial charge on any atom is 0.158 e. The zero-order valence-corrected chi connectivity index (χ0v) is 13.7. The molecule has 118 valence electrons. The highest BCUT2D eigenvalue weighted by Crippen LogP contribution is 2.27. The van der Waals surface area contributed by atoms with Crippen LogP contribution in [-0.2, 0) is 0 Å². The van der Waals surface area contributed by atoms with Crippen molar-refractivity contribution < 1.29 is 4.74 Å². The van der Waals surface area contributed by atoms with Gasteiger partial charge in [-0.15, -0.1) is 0 Å². The Morgan fingerprint density at radius 3 is 2.46 bits per heavy atom. The summed E-state index contributed by atoms with van der Waals surface area (Å²) in [5, 5.41) is 5.08. The van der Waals surface area contributed by atoms with Crippen LogP contribution in [0.25, 0.3) is 28.2 Å². The number of fused-ring (bicyclic) bond motifs is 1. The van der Waals surface area contributed by atoms with Gasteiger partial charge in [0.2, 0.25) is 0 Å². The predicted molar refractivity (Wildman–Crippen MR) is 95.4 cm³/mol. The molecule has 0 N–H and O–H groups in total. The number of nitrogens with zero attached hydrogens (tertiary/aromatic N) is 3. The predicted octanol–water partition coefficient (Wildman–Crippen LogP) is 4.73. The van der Waals surface area contributed by atoms with E-state index in [9.17, 15) is 0 Å². The molecule has 2 aromatic heterocycles. The van der Waals surface area contributed by atoms with Gasteiger partial charge in [-0.1, -0.05) is 54.1 Å². The lowest BCUT2D eigenvalue weighted by molar-refractivity contribution is 0.415. The standard InChI is InChI=1S/C19H14ClN3O/c1-24-15-9-5-8-14(10-15)17-12-19-21-16(11-18(20)23(19)22-17)13-6-3-2-4-7-13/h2-12H,1H3. The summed E-state index contributed by atoms with van der Waals surface area (Å²) < 4.78 is 6.92. The van der Waals surface area contributed by atoms with Crippen LogP contribution in [0.4, 0.5) is 0 Å². The van der Waals surface area contributed by atoms with E-state index >= 15 is 0 Å². The second-order valence-corrected chi connectivity index (χ2v) is 5.75. The Balaban J connectivity index is 1.85. The van der Waals surface area contributed by atoms with E-state index in [0.717, 1.165) is 28.3 Å². The summed E-state index contributed by atoms with van der Waals surface area (Å²) in [6.45, 7) is 0. The number of aromatic nitrogens is 3. The third kappa shape index (κ3) is 2.61. The van der Waals surface area contributed by atoms with Gasteiger partial charge in [0.15, 0.2) is 5.65 Å². The summed E-state index contributed by atoms with van der Waals surface area (Å²) >= 11 is 6.41. The molecule has 0 bridgehead atoms. The molecule has 0 aliphatic rings. The SMILES string of the molecule is COc1cccc(-c2cc3nc(-c4ccccc4)cc(Cl)n3n2)c1. The highest BCUT2D eigenvalue weighted by atomic mass is 35.5. The molecule has 4 aromatic rings. The normalized spacial score (nSPS) is 10.9. The summed E-state index contributed by atoms with van der Waals surface area (Å²) in [5.41, 5.74) is 4.31. The lowest BCUT2D eigenvalue weighted by Gasteiger charge is -2.03. The topological polar surface area (TPSA) is 39.4 Å². The summed E-state index contributed by atoms with van der Waals surface area (Å²) in [6.07, 6.45) is 0. The summed E-state index contributed by atoms with van der Waals surface area (Å²) in [4.78, 5) is 4.68. The van der Waals surface area contributed by atoms with Crippen molar-refractivity contribution in [2.24, 2.45) is 0 Å². The van der Waals surface area contributed by atoms with Gasteiger partial charge in [-0.05, 0) is 12.1 Å². The van der Waals surface area contributed by atoms with Crippen molar-refractivity contribution in [2.75, 3.05) is 7.11 Å². The number of hydrogen-bond donors (Lipinski definition) is 0. The summed E-state index contributed by atoms with van der Waals surface area (Å²) in [7, 11) is 1.65. The minimum absolute atomic E-state index is 0.521. The van der Waals surface area contributed by atoms with Crippen LogP contribution in [0, 0.1) is 0 Å². The van der Waals surface area contributed by atoms with Crippen LogP contribution < -0.4 is 4.74 Å². The summed E-state index contributed by atoms with van der Waals surface area (Å²) in [6, 6.07) is 21.5. The molecule has 0 aliphatic carbocycles. The molecule has 2 aromatic carbocycles. The van der Waals surface area contributed by atoms with Crippen molar-refractivity contribution in [1.29, 1.82) is 0 Å². The summed E-state index contributed by atoms with van der Waals surface area (Å²) in [5.74, 6) is 0.786. The Labute approximate surface area is 144 Å². The molecule has 0 fully saturated rings. The number of rotatable bonds is 3. The second-order valence-electron chi connectivity index (χ2n) is 5.36. The highest BCUT2D eigenvalue weighted by Gasteiger charge is 2.11. The molecule has 2 heterocycles. The van der Waals surface area contributed by atoms with Crippen LogP contribution in [0.1, 0.15) is 0 Å². The molecule has 0 unspecified atom stereocenters. The van der Waals surface area contributed by atoms with E-state index in [0.29, 0.717) is 10.8 Å². The van der Waals surface area contributed by atoms with E-state index in [1.54, 1.807) is 11.6 Å². The number of halogens is 1. The first-order chi connectivity index (χ1) is 11.7. The maximum absolute atomic E-state index is 6.41. The Morgan fingerprint density at radius 2 is 1.67 bits per heavy atom. The third-order valence-corrected chi connectivity index (χ3v) is 4.09. The zero-order valence-electron chi connectivity index (χ0n) is 13.0. The van der Waals surface area contributed by atoms with Gasteiger partial charge in [0.1, 0.15) is 10.9 Å². The molecule has 24 heavy (non-hydrogen) atoms. The highest BCUT2D eigenvalue weighted by molar-refractivity contribution is 6.30. The van der Waals surface area contributed by atoms with E-state index in [2.05, 4.69) is 10.1 Å². The molecular formula is C19H14ClN3O. The first-order valence-electron chi connectivity index (χ1n) is 7.51. The number of methoxy groups -OCH3 is 1. The number of hydrogen-bond acceptors (Lipinski definition) is 3. The molecule has 4 rings (SSSR count). The first-order valence-corrected chi connectivity index (χ1v) is 7.88.